The number of carbonyl (C=O) groups excluding carboxylic acids is 1. The van der Waals surface area contributed by atoms with Gasteiger partial charge in [-0.15, -0.1) is 0 Å². The number of rotatable bonds is 3. The number of aryl methyl sites for hydroxylation is 2. The molecule has 0 spiro atoms. The van der Waals surface area contributed by atoms with Crippen LogP contribution in [0.3, 0.4) is 0 Å². The average molecular weight is 254 g/mol. The van der Waals surface area contributed by atoms with Crippen molar-refractivity contribution in [1.82, 2.24) is 20.0 Å². The summed E-state index contributed by atoms with van der Waals surface area (Å²) in [5, 5.41) is 9.92. The highest BCUT2D eigenvalue weighted by Crippen LogP contribution is 2.23. The highest BCUT2D eigenvalue weighted by atomic mass is 16.1. The third-order valence-electron chi connectivity index (χ3n) is 3.17. The highest BCUT2D eigenvalue weighted by molar-refractivity contribution is 6.03. The molecule has 5 nitrogen and oxygen atoms in total. The molecule has 0 N–H and O–H groups in total. The van der Waals surface area contributed by atoms with Crippen molar-refractivity contribution in [3.8, 4) is 0 Å². The van der Waals surface area contributed by atoms with E-state index in [9.17, 15) is 4.79 Å². The van der Waals surface area contributed by atoms with Crippen molar-refractivity contribution in [2.45, 2.75) is 26.8 Å². The molecule has 0 radical (unpaired) electrons. The molecule has 2 aromatic heterocycles. The summed E-state index contributed by atoms with van der Waals surface area (Å²) >= 11 is 0. The van der Waals surface area contributed by atoms with Crippen molar-refractivity contribution in [1.29, 1.82) is 0 Å². The van der Waals surface area contributed by atoms with Gasteiger partial charge in [-0.1, -0.05) is 0 Å². The minimum Gasteiger partial charge on any atom is -0.300 e. The van der Waals surface area contributed by atoms with Gasteiger partial charge in [-0.05, 0) is 37.6 Å². The summed E-state index contributed by atoms with van der Waals surface area (Å²) in [5.41, 5.74) is 3.75. The Morgan fingerprint density at radius 3 is 2.79 bits per heavy atom. The number of hydrogen-bond donors (Lipinski definition) is 0. The van der Waals surface area contributed by atoms with Crippen molar-refractivity contribution in [3.05, 3.63) is 30.0 Å². The predicted molar refractivity (Wildman–Crippen MR) is 72.9 cm³/mol. The lowest BCUT2D eigenvalue weighted by Gasteiger charge is -2.00. The fraction of sp³-hybridized carbons (Fsp3) is 0.286. The van der Waals surface area contributed by atoms with Gasteiger partial charge in [0.15, 0.2) is 0 Å². The monoisotopic (exact) mass is 254 g/mol. The van der Waals surface area contributed by atoms with Gasteiger partial charge in [-0.3, -0.25) is 9.78 Å². The number of ketones is 1. The quantitative estimate of drug-likeness (QED) is 0.719. The summed E-state index contributed by atoms with van der Waals surface area (Å²) in [6.45, 7) is 4.13. The van der Waals surface area contributed by atoms with Gasteiger partial charge in [-0.25, -0.2) is 0 Å². The van der Waals surface area contributed by atoms with Gasteiger partial charge in [-0.2, -0.15) is 15.0 Å². The topological polar surface area (TPSA) is 60.7 Å². The van der Waals surface area contributed by atoms with E-state index < -0.39 is 0 Å². The van der Waals surface area contributed by atoms with Crippen LogP contribution in [0.15, 0.2) is 24.4 Å². The number of aromatic nitrogens is 4. The molecule has 0 saturated carbocycles. The largest absolute Gasteiger partial charge is 0.300 e. The first-order valence-corrected chi connectivity index (χ1v) is 6.24. The molecule has 0 bridgehead atoms. The minimum absolute atomic E-state index is 0.143. The van der Waals surface area contributed by atoms with E-state index in [0.717, 1.165) is 27.5 Å². The summed E-state index contributed by atoms with van der Waals surface area (Å²) < 4.78 is 0. The standard InChI is InChI=1S/C14H14N4O/c1-9-5-7-15-11-3-4-12-14(13(9)11)17-18(16-12)8-6-10(2)19/h3-5,7H,6,8H2,1-2H3. The Balaban J connectivity index is 2.16. The molecule has 96 valence electrons. The number of carbonyl (C=O) groups is 1. The number of hydrogen-bond acceptors (Lipinski definition) is 4. The summed E-state index contributed by atoms with van der Waals surface area (Å²) in [6.07, 6.45) is 2.25. The molecule has 0 fully saturated rings. The molecular weight excluding hydrogens is 240 g/mol. The van der Waals surface area contributed by atoms with Gasteiger partial charge in [0.05, 0.1) is 12.1 Å². The number of Topliss-reactive ketones (excluding diaryl/α,β-unsaturated/α-hetero) is 1. The first-order valence-electron chi connectivity index (χ1n) is 6.24. The van der Waals surface area contributed by atoms with Crippen molar-refractivity contribution in [3.63, 3.8) is 0 Å². The third-order valence-corrected chi connectivity index (χ3v) is 3.17. The van der Waals surface area contributed by atoms with Crippen LogP contribution in [-0.4, -0.2) is 25.8 Å². The van der Waals surface area contributed by atoms with Crippen LogP contribution in [0.25, 0.3) is 21.9 Å². The van der Waals surface area contributed by atoms with Crippen LogP contribution >= 0.6 is 0 Å². The fourth-order valence-corrected chi connectivity index (χ4v) is 2.18. The zero-order chi connectivity index (χ0) is 13.4. The zero-order valence-corrected chi connectivity index (χ0v) is 10.9. The van der Waals surface area contributed by atoms with Crippen LogP contribution in [0.2, 0.25) is 0 Å². The Hall–Kier alpha value is -2.30. The van der Waals surface area contributed by atoms with Crippen molar-refractivity contribution in [2.24, 2.45) is 0 Å². The summed E-state index contributed by atoms with van der Waals surface area (Å²) in [4.78, 5) is 17.0. The molecular formula is C14H14N4O. The van der Waals surface area contributed by atoms with Gasteiger partial charge in [0.25, 0.3) is 0 Å². The first-order chi connectivity index (χ1) is 9.15. The van der Waals surface area contributed by atoms with Crippen LogP contribution < -0.4 is 0 Å². The smallest absolute Gasteiger partial charge is 0.131 e. The SMILES string of the molecule is CC(=O)CCn1nc2ccc3nccc(C)c3c2n1. The maximum atomic E-state index is 11.0. The average Bonchev–Trinajstić information content (AvgIpc) is 2.79. The minimum atomic E-state index is 0.143. The third kappa shape index (κ3) is 2.07. The summed E-state index contributed by atoms with van der Waals surface area (Å²) in [5.74, 6) is 0.143. The van der Waals surface area contributed by atoms with Gasteiger partial charge in [0.1, 0.15) is 16.8 Å². The Bertz CT molecular complexity index is 776. The Morgan fingerprint density at radius 1 is 1.21 bits per heavy atom. The normalized spacial score (nSPS) is 11.3. The second kappa shape index (κ2) is 4.42. The van der Waals surface area contributed by atoms with Crippen LogP contribution in [-0.2, 0) is 11.3 Å². The van der Waals surface area contributed by atoms with Crippen LogP contribution in [0.5, 0.6) is 0 Å². The molecule has 0 aliphatic carbocycles. The van der Waals surface area contributed by atoms with E-state index in [4.69, 9.17) is 0 Å². The maximum absolute atomic E-state index is 11.0. The molecule has 5 heteroatoms. The molecule has 1 aromatic carbocycles. The first kappa shape index (κ1) is 11.8. The molecule has 3 aromatic rings. The molecule has 3 rings (SSSR count). The second-order valence-corrected chi connectivity index (χ2v) is 4.70. The number of nitrogens with zero attached hydrogens (tertiary/aromatic N) is 4. The number of pyridine rings is 1. The van der Waals surface area contributed by atoms with E-state index in [2.05, 4.69) is 15.2 Å². The Labute approximate surface area is 110 Å². The molecule has 0 aliphatic heterocycles. The van der Waals surface area contributed by atoms with Gasteiger partial charge >= 0.3 is 0 Å². The molecule has 0 aliphatic rings. The van der Waals surface area contributed by atoms with Crippen LogP contribution in [0.1, 0.15) is 18.9 Å². The fourth-order valence-electron chi connectivity index (χ4n) is 2.18. The summed E-state index contributed by atoms with van der Waals surface area (Å²) in [6, 6.07) is 5.84. The Kier molecular flexibility index (Phi) is 2.74. The highest BCUT2D eigenvalue weighted by Gasteiger charge is 2.09. The Morgan fingerprint density at radius 2 is 2.00 bits per heavy atom. The predicted octanol–water partition coefficient (Wildman–Crippen LogP) is 2.27. The van der Waals surface area contributed by atoms with Gasteiger partial charge < -0.3 is 0 Å². The number of benzene rings is 1. The van der Waals surface area contributed by atoms with Crippen molar-refractivity contribution < 1.29 is 4.79 Å². The van der Waals surface area contributed by atoms with E-state index in [1.807, 2.05) is 25.1 Å². The summed E-state index contributed by atoms with van der Waals surface area (Å²) in [7, 11) is 0. The van der Waals surface area contributed by atoms with Crippen LogP contribution in [0, 0.1) is 6.92 Å². The van der Waals surface area contributed by atoms with Crippen molar-refractivity contribution in [2.75, 3.05) is 0 Å². The lowest BCUT2D eigenvalue weighted by Crippen LogP contribution is -2.05. The molecule has 0 saturated heterocycles. The maximum Gasteiger partial charge on any atom is 0.131 e. The lowest BCUT2D eigenvalue weighted by molar-refractivity contribution is -0.117. The van der Waals surface area contributed by atoms with E-state index in [-0.39, 0.29) is 5.78 Å². The van der Waals surface area contributed by atoms with E-state index in [1.165, 1.54) is 0 Å². The van der Waals surface area contributed by atoms with E-state index in [1.54, 1.807) is 17.9 Å². The van der Waals surface area contributed by atoms with E-state index in [0.29, 0.717) is 13.0 Å². The molecule has 0 unspecified atom stereocenters. The van der Waals surface area contributed by atoms with Gasteiger partial charge in [0.2, 0.25) is 0 Å². The molecule has 19 heavy (non-hydrogen) atoms. The lowest BCUT2D eigenvalue weighted by atomic mass is 10.1. The van der Waals surface area contributed by atoms with Crippen molar-refractivity contribution >= 4 is 27.7 Å². The second-order valence-electron chi connectivity index (χ2n) is 4.70. The van der Waals surface area contributed by atoms with Gasteiger partial charge in [0, 0.05) is 18.0 Å². The zero-order valence-electron chi connectivity index (χ0n) is 10.9. The molecule has 0 amide bonds. The molecule has 0 atom stereocenters. The number of fused-ring (bicyclic) bond motifs is 3. The van der Waals surface area contributed by atoms with Crippen LogP contribution in [0.4, 0.5) is 0 Å². The molecule has 2 heterocycles. The van der Waals surface area contributed by atoms with E-state index >= 15 is 0 Å².